The fourth-order valence-corrected chi connectivity index (χ4v) is 2.12. The highest BCUT2D eigenvalue weighted by atomic mass is 19.2. The van der Waals surface area contributed by atoms with E-state index in [0.29, 0.717) is 25.9 Å². The Bertz CT molecular complexity index is 413. The van der Waals surface area contributed by atoms with Crippen LogP contribution in [0.3, 0.4) is 0 Å². The van der Waals surface area contributed by atoms with Crippen molar-refractivity contribution in [3.05, 3.63) is 35.4 Å². The number of hydrogen-bond donors (Lipinski definition) is 2. The fraction of sp³-hybridized carbons (Fsp3) is 0.600. The molecule has 0 aliphatic rings. The van der Waals surface area contributed by atoms with Gasteiger partial charge in [-0.3, -0.25) is 0 Å². The molecule has 0 saturated carbocycles. The molecular weight excluding hydrogens is 264 g/mol. The van der Waals surface area contributed by atoms with Crippen molar-refractivity contribution in [2.75, 3.05) is 19.7 Å². The fourth-order valence-electron chi connectivity index (χ4n) is 2.12. The topological polar surface area (TPSA) is 43.7 Å². The van der Waals surface area contributed by atoms with E-state index in [1.165, 1.54) is 12.1 Å². The van der Waals surface area contributed by atoms with Gasteiger partial charge in [0.1, 0.15) is 0 Å². The van der Waals surface area contributed by atoms with Crippen molar-refractivity contribution >= 4 is 0 Å². The molecule has 2 N–H and O–H groups in total. The van der Waals surface area contributed by atoms with Crippen molar-refractivity contribution in [3.63, 3.8) is 0 Å². The normalized spacial score (nSPS) is 13.2. The van der Waals surface area contributed by atoms with Crippen LogP contribution < -0.4 is 0 Å². The van der Waals surface area contributed by atoms with Crippen molar-refractivity contribution in [2.45, 2.75) is 38.8 Å². The van der Waals surface area contributed by atoms with Crippen molar-refractivity contribution in [3.8, 4) is 0 Å². The summed E-state index contributed by atoms with van der Waals surface area (Å²) in [6.07, 6.45) is -0.0480. The first-order valence-corrected chi connectivity index (χ1v) is 6.94. The molecule has 5 heteroatoms. The highest BCUT2D eigenvalue weighted by Crippen LogP contribution is 2.22. The van der Waals surface area contributed by atoms with Gasteiger partial charge in [-0.1, -0.05) is 12.1 Å². The average molecular weight is 287 g/mol. The maximum absolute atomic E-state index is 13.6. The number of aliphatic hydroxyl groups is 2. The zero-order chi connectivity index (χ0) is 15.1. The predicted molar refractivity (Wildman–Crippen MR) is 74.3 cm³/mol. The van der Waals surface area contributed by atoms with E-state index in [9.17, 15) is 13.9 Å². The molecule has 0 aromatic heterocycles. The summed E-state index contributed by atoms with van der Waals surface area (Å²) in [5.74, 6) is -1.92. The Morgan fingerprint density at radius 2 is 1.90 bits per heavy atom. The molecule has 114 valence electrons. The van der Waals surface area contributed by atoms with Gasteiger partial charge in [0.2, 0.25) is 0 Å². The zero-order valence-electron chi connectivity index (χ0n) is 12.0. The van der Waals surface area contributed by atoms with Crippen LogP contribution in [0, 0.1) is 11.6 Å². The van der Waals surface area contributed by atoms with Crippen molar-refractivity contribution in [1.82, 2.24) is 4.90 Å². The van der Waals surface area contributed by atoms with Crippen molar-refractivity contribution in [1.29, 1.82) is 0 Å². The minimum atomic E-state index is -1.03. The molecule has 3 nitrogen and oxygen atoms in total. The molecule has 0 aliphatic heterocycles. The molecule has 0 amide bonds. The Kier molecular flexibility index (Phi) is 7.05. The molecule has 1 atom stereocenters. The lowest BCUT2D eigenvalue weighted by molar-refractivity contribution is 0.122. The molecule has 0 saturated heterocycles. The Hall–Kier alpha value is -1.04. The molecule has 1 aromatic rings. The summed E-state index contributed by atoms with van der Waals surface area (Å²) in [6, 6.07) is 4.10. The molecule has 0 aliphatic carbocycles. The van der Waals surface area contributed by atoms with E-state index in [-0.39, 0.29) is 18.2 Å². The zero-order valence-corrected chi connectivity index (χ0v) is 12.0. The number of hydrogen-bond acceptors (Lipinski definition) is 3. The second kappa shape index (κ2) is 8.29. The Morgan fingerprint density at radius 1 is 1.20 bits per heavy atom. The summed E-state index contributed by atoms with van der Waals surface area (Å²) in [4.78, 5) is 2.09. The lowest BCUT2D eigenvalue weighted by atomic mass is 10.0. The van der Waals surface area contributed by atoms with Gasteiger partial charge in [-0.25, -0.2) is 8.78 Å². The monoisotopic (exact) mass is 287 g/mol. The van der Waals surface area contributed by atoms with Crippen LogP contribution in [0.4, 0.5) is 8.78 Å². The first kappa shape index (κ1) is 17.0. The minimum Gasteiger partial charge on any atom is -0.396 e. The molecule has 0 radical (unpaired) electrons. The summed E-state index contributed by atoms with van der Waals surface area (Å²) in [7, 11) is 0. The summed E-state index contributed by atoms with van der Waals surface area (Å²) in [6.45, 7) is 5.44. The van der Waals surface area contributed by atoms with Crippen LogP contribution in [0.25, 0.3) is 0 Å². The highest BCUT2D eigenvalue weighted by molar-refractivity contribution is 5.21. The largest absolute Gasteiger partial charge is 0.396 e. The predicted octanol–water partition coefficient (Wildman–Crippen LogP) is 2.48. The van der Waals surface area contributed by atoms with Crippen LogP contribution in [-0.2, 0) is 0 Å². The smallest absolute Gasteiger partial charge is 0.164 e. The Morgan fingerprint density at radius 3 is 2.50 bits per heavy atom. The molecule has 20 heavy (non-hydrogen) atoms. The third kappa shape index (κ3) is 4.81. The van der Waals surface area contributed by atoms with Crippen LogP contribution in [0.1, 0.15) is 38.4 Å². The molecule has 0 bridgehead atoms. The maximum Gasteiger partial charge on any atom is 0.164 e. The third-order valence-corrected chi connectivity index (χ3v) is 3.36. The van der Waals surface area contributed by atoms with Gasteiger partial charge in [-0.05, 0) is 32.8 Å². The second-order valence-corrected chi connectivity index (χ2v) is 5.15. The summed E-state index contributed by atoms with van der Waals surface area (Å²) < 4.78 is 26.7. The third-order valence-electron chi connectivity index (χ3n) is 3.36. The van der Waals surface area contributed by atoms with E-state index in [0.717, 1.165) is 6.07 Å². The van der Waals surface area contributed by atoms with E-state index in [2.05, 4.69) is 4.90 Å². The number of halogens is 2. The number of rotatable bonds is 8. The minimum absolute atomic E-state index is 0.00383. The standard InChI is InChI=1S/C15H23F2NO2/c1-11(2)18(8-4-10-19)9-7-14(20)12-5-3-6-13(16)15(12)17/h3,5-6,11,14,19-20H,4,7-10H2,1-2H3. The summed E-state index contributed by atoms with van der Waals surface area (Å²) in [5, 5.41) is 18.9. The molecule has 1 unspecified atom stereocenters. The maximum atomic E-state index is 13.6. The van der Waals surface area contributed by atoms with Gasteiger partial charge in [-0.15, -0.1) is 0 Å². The van der Waals surface area contributed by atoms with Crippen LogP contribution in [0.15, 0.2) is 18.2 Å². The molecular formula is C15H23F2NO2. The van der Waals surface area contributed by atoms with E-state index < -0.39 is 17.7 Å². The Labute approximate surface area is 118 Å². The van der Waals surface area contributed by atoms with E-state index in [1.807, 2.05) is 13.8 Å². The highest BCUT2D eigenvalue weighted by Gasteiger charge is 2.17. The van der Waals surface area contributed by atoms with Crippen LogP contribution in [-0.4, -0.2) is 40.9 Å². The van der Waals surface area contributed by atoms with Gasteiger partial charge in [0.05, 0.1) is 6.10 Å². The van der Waals surface area contributed by atoms with Crippen LogP contribution >= 0.6 is 0 Å². The van der Waals surface area contributed by atoms with Gasteiger partial charge in [0.15, 0.2) is 11.6 Å². The summed E-state index contributed by atoms with van der Waals surface area (Å²) in [5.41, 5.74) is -0.00383. The van der Waals surface area contributed by atoms with Gasteiger partial charge < -0.3 is 15.1 Å². The Balaban J connectivity index is 2.60. The van der Waals surface area contributed by atoms with Gasteiger partial charge >= 0.3 is 0 Å². The lowest BCUT2D eigenvalue weighted by Crippen LogP contribution is -2.34. The van der Waals surface area contributed by atoms with Crippen molar-refractivity contribution < 1.29 is 19.0 Å². The van der Waals surface area contributed by atoms with E-state index >= 15 is 0 Å². The molecule has 0 spiro atoms. The van der Waals surface area contributed by atoms with Crippen LogP contribution in [0.2, 0.25) is 0 Å². The average Bonchev–Trinajstić information content (AvgIpc) is 2.41. The molecule has 1 rings (SSSR count). The van der Waals surface area contributed by atoms with E-state index in [1.54, 1.807) is 0 Å². The molecule has 0 fully saturated rings. The number of aliphatic hydroxyl groups excluding tert-OH is 2. The van der Waals surface area contributed by atoms with Crippen LogP contribution in [0.5, 0.6) is 0 Å². The molecule has 1 aromatic carbocycles. The lowest BCUT2D eigenvalue weighted by Gasteiger charge is -2.27. The quantitative estimate of drug-likeness (QED) is 0.772. The molecule has 0 heterocycles. The SMILES string of the molecule is CC(C)N(CCCO)CCC(O)c1cccc(F)c1F. The van der Waals surface area contributed by atoms with Gasteiger partial charge in [-0.2, -0.15) is 0 Å². The first-order valence-electron chi connectivity index (χ1n) is 6.94. The van der Waals surface area contributed by atoms with E-state index in [4.69, 9.17) is 5.11 Å². The first-order chi connectivity index (χ1) is 9.47. The number of benzene rings is 1. The van der Waals surface area contributed by atoms with Gasteiger partial charge in [0, 0.05) is 31.3 Å². The summed E-state index contributed by atoms with van der Waals surface area (Å²) >= 11 is 0. The van der Waals surface area contributed by atoms with Gasteiger partial charge in [0.25, 0.3) is 0 Å². The van der Waals surface area contributed by atoms with Crippen molar-refractivity contribution in [2.24, 2.45) is 0 Å². The second-order valence-electron chi connectivity index (χ2n) is 5.15. The number of nitrogens with zero attached hydrogens (tertiary/aromatic N) is 1.